The van der Waals surface area contributed by atoms with Crippen LogP contribution in [0.15, 0.2) is 78.9 Å². The molecule has 0 spiro atoms. The first-order valence-electron chi connectivity index (χ1n) is 13.5. The third-order valence-electron chi connectivity index (χ3n) is 7.42. The Balaban J connectivity index is 1.37. The smallest absolute Gasteiger partial charge is 0.407 e. The lowest BCUT2D eigenvalue weighted by atomic mass is 9.90. The van der Waals surface area contributed by atoms with Gasteiger partial charge < -0.3 is 19.9 Å². The number of hydrogen-bond donors (Lipinski definition) is 2. The predicted octanol–water partition coefficient (Wildman–Crippen LogP) is 4.62. The van der Waals surface area contributed by atoms with Crippen molar-refractivity contribution >= 4 is 18.0 Å². The van der Waals surface area contributed by atoms with Gasteiger partial charge in [-0.05, 0) is 48.6 Å². The predicted molar refractivity (Wildman–Crippen MR) is 150 cm³/mol. The lowest BCUT2D eigenvalue weighted by Crippen LogP contribution is -2.57. The van der Waals surface area contributed by atoms with Crippen molar-refractivity contribution in [2.75, 3.05) is 19.7 Å². The van der Waals surface area contributed by atoms with Gasteiger partial charge in [0, 0.05) is 31.5 Å². The quantitative estimate of drug-likeness (QED) is 0.231. The van der Waals surface area contributed by atoms with E-state index in [1.54, 1.807) is 37.8 Å². The number of ether oxygens (including phenoxy) is 2. The SMILES string of the molecule is CC(C)(C)OC(=O)NCC1CN1[C@@](Cc1ccccc1)(C(=O)O)C(=O)OCC1c2ccccc2-c2ccccc21. The van der Waals surface area contributed by atoms with Gasteiger partial charge in [-0.3, -0.25) is 4.90 Å². The topological polar surface area (TPSA) is 105 Å². The number of benzene rings is 3. The number of carbonyl (C=O) groups excluding carboxylic acids is 2. The van der Waals surface area contributed by atoms with E-state index >= 15 is 0 Å². The van der Waals surface area contributed by atoms with Crippen LogP contribution in [0.1, 0.15) is 43.4 Å². The minimum Gasteiger partial charge on any atom is -0.479 e. The second-order valence-corrected chi connectivity index (χ2v) is 11.3. The van der Waals surface area contributed by atoms with Crippen LogP contribution in [0.5, 0.6) is 0 Å². The summed E-state index contributed by atoms with van der Waals surface area (Å²) < 4.78 is 11.2. The molecule has 1 amide bonds. The van der Waals surface area contributed by atoms with Crippen molar-refractivity contribution in [3.05, 3.63) is 95.6 Å². The molecule has 8 nitrogen and oxygen atoms in total. The fourth-order valence-electron chi connectivity index (χ4n) is 5.52. The van der Waals surface area contributed by atoms with Gasteiger partial charge in [0.2, 0.25) is 5.54 Å². The first kappa shape index (κ1) is 27.4. The molecule has 0 radical (unpaired) electrons. The Bertz CT molecular complexity index is 1370. The number of alkyl carbamates (subject to hydrolysis) is 1. The molecule has 0 bridgehead atoms. The average molecular weight is 543 g/mol. The summed E-state index contributed by atoms with van der Waals surface area (Å²) in [5, 5.41) is 13.3. The van der Waals surface area contributed by atoms with Crippen LogP contribution in [0, 0.1) is 0 Å². The number of nitrogens with zero attached hydrogens (tertiary/aromatic N) is 1. The van der Waals surface area contributed by atoms with Gasteiger partial charge in [-0.2, -0.15) is 0 Å². The van der Waals surface area contributed by atoms with Crippen LogP contribution in [0.3, 0.4) is 0 Å². The molecule has 1 fully saturated rings. The van der Waals surface area contributed by atoms with Crippen LogP contribution in [0.25, 0.3) is 11.1 Å². The van der Waals surface area contributed by atoms with Crippen molar-refractivity contribution in [3.8, 4) is 11.1 Å². The van der Waals surface area contributed by atoms with E-state index in [-0.39, 0.29) is 31.5 Å². The summed E-state index contributed by atoms with van der Waals surface area (Å²) in [5.41, 5.74) is 2.37. The maximum atomic E-state index is 13.9. The zero-order chi connectivity index (χ0) is 28.5. The summed E-state index contributed by atoms with van der Waals surface area (Å²) in [7, 11) is 0. The monoisotopic (exact) mass is 542 g/mol. The van der Waals surface area contributed by atoms with Crippen LogP contribution in [0.4, 0.5) is 4.79 Å². The van der Waals surface area contributed by atoms with Gasteiger partial charge in [-0.1, -0.05) is 78.9 Å². The number of fused-ring (bicyclic) bond motifs is 3. The molecule has 0 aromatic heterocycles. The molecule has 8 heteroatoms. The number of amides is 1. The Morgan fingerprint density at radius 3 is 2.05 bits per heavy atom. The van der Waals surface area contributed by atoms with Crippen molar-refractivity contribution in [2.45, 2.75) is 50.3 Å². The highest BCUT2D eigenvalue weighted by molar-refractivity contribution is 6.05. The molecule has 208 valence electrons. The highest BCUT2D eigenvalue weighted by atomic mass is 16.6. The highest BCUT2D eigenvalue weighted by Gasteiger charge is 2.61. The average Bonchev–Trinajstić information content (AvgIpc) is 3.63. The summed E-state index contributed by atoms with van der Waals surface area (Å²) in [6.45, 7) is 5.78. The lowest BCUT2D eigenvalue weighted by Gasteiger charge is -2.30. The zero-order valence-corrected chi connectivity index (χ0v) is 22.9. The molecule has 3 aromatic rings. The molecular formula is C32H34N2O6. The molecule has 1 saturated heterocycles. The maximum absolute atomic E-state index is 13.9. The van der Waals surface area contributed by atoms with Crippen molar-refractivity contribution < 1.29 is 29.0 Å². The van der Waals surface area contributed by atoms with Crippen molar-refractivity contribution in [1.82, 2.24) is 10.2 Å². The van der Waals surface area contributed by atoms with Gasteiger partial charge in [-0.15, -0.1) is 0 Å². The van der Waals surface area contributed by atoms with E-state index in [1.165, 1.54) is 0 Å². The van der Waals surface area contributed by atoms with Crippen LogP contribution >= 0.6 is 0 Å². The Kier molecular flexibility index (Phi) is 7.38. The molecule has 3 atom stereocenters. The number of esters is 1. The maximum Gasteiger partial charge on any atom is 0.407 e. The Morgan fingerprint density at radius 2 is 1.48 bits per heavy atom. The fourth-order valence-corrected chi connectivity index (χ4v) is 5.52. The molecular weight excluding hydrogens is 508 g/mol. The Hall–Kier alpha value is -4.17. The third kappa shape index (κ3) is 5.45. The summed E-state index contributed by atoms with van der Waals surface area (Å²) in [4.78, 5) is 40.6. The van der Waals surface area contributed by atoms with Gasteiger partial charge >= 0.3 is 18.0 Å². The minimum absolute atomic E-state index is 0.0192. The molecule has 40 heavy (non-hydrogen) atoms. The van der Waals surface area contributed by atoms with Crippen molar-refractivity contribution in [1.29, 1.82) is 0 Å². The molecule has 2 unspecified atom stereocenters. The summed E-state index contributed by atoms with van der Waals surface area (Å²) in [5.74, 6) is -2.29. The normalized spacial score (nSPS) is 19.1. The number of carboxylic acid groups (broad SMARTS) is 1. The molecule has 2 aliphatic rings. The molecule has 1 aliphatic heterocycles. The third-order valence-corrected chi connectivity index (χ3v) is 7.42. The van der Waals surface area contributed by atoms with Gasteiger partial charge in [0.05, 0.1) is 0 Å². The van der Waals surface area contributed by atoms with Crippen LogP contribution in [-0.2, 0) is 25.5 Å². The summed E-state index contributed by atoms with van der Waals surface area (Å²) in [6.07, 6.45) is -0.660. The Morgan fingerprint density at radius 1 is 0.900 bits per heavy atom. The summed E-state index contributed by atoms with van der Waals surface area (Å²) >= 11 is 0. The van der Waals surface area contributed by atoms with E-state index in [4.69, 9.17) is 9.47 Å². The largest absolute Gasteiger partial charge is 0.479 e. The minimum atomic E-state index is -1.95. The molecule has 1 aliphatic carbocycles. The zero-order valence-electron chi connectivity index (χ0n) is 22.9. The second kappa shape index (κ2) is 10.8. The molecule has 0 saturated carbocycles. The van der Waals surface area contributed by atoms with Crippen LogP contribution < -0.4 is 5.32 Å². The van der Waals surface area contributed by atoms with Crippen LogP contribution in [0.2, 0.25) is 0 Å². The van der Waals surface area contributed by atoms with E-state index in [0.717, 1.165) is 22.3 Å². The van der Waals surface area contributed by atoms with Gasteiger partial charge in [-0.25, -0.2) is 14.4 Å². The molecule has 5 rings (SSSR count). The number of hydrogen-bond acceptors (Lipinski definition) is 6. The van der Waals surface area contributed by atoms with E-state index in [2.05, 4.69) is 5.32 Å². The van der Waals surface area contributed by atoms with Crippen molar-refractivity contribution in [2.24, 2.45) is 0 Å². The van der Waals surface area contributed by atoms with E-state index in [1.807, 2.05) is 66.7 Å². The molecule has 1 heterocycles. The fraction of sp³-hybridized carbons (Fsp3) is 0.344. The van der Waals surface area contributed by atoms with E-state index < -0.39 is 29.2 Å². The Labute approximate surface area is 233 Å². The van der Waals surface area contributed by atoms with Gasteiger partial charge in [0.15, 0.2) is 0 Å². The molecule has 2 N–H and O–H groups in total. The number of rotatable bonds is 9. The van der Waals surface area contributed by atoms with Gasteiger partial charge in [0.1, 0.15) is 12.2 Å². The van der Waals surface area contributed by atoms with Crippen LogP contribution in [-0.4, -0.2) is 64.9 Å². The lowest BCUT2D eigenvalue weighted by molar-refractivity contribution is -0.168. The van der Waals surface area contributed by atoms with Gasteiger partial charge in [0.25, 0.3) is 0 Å². The number of carbonyl (C=O) groups is 3. The standard InChI is InChI=1S/C32H34N2O6/c1-31(2,3)40-30(38)33-18-22-19-34(22)32(28(35)36,17-21-11-5-4-6-12-21)29(37)39-20-27-25-15-9-7-13-23(25)24-14-8-10-16-26(24)27/h4-16,22,27H,17-20H2,1-3H3,(H,33,38)(H,35,36)/t22?,32-,34?/m0/s1. The first-order valence-corrected chi connectivity index (χ1v) is 13.5. The highest BCUT2D eigenvalue weighted by Crippen LogP contribution is 2.45. The van der Waals surface area contributed by atoms with Crippen molar-refractivity contribution in [3.63, 3.8) is 0 Å². The second-order valence-electron chi connectivity index (χ2n) is 11.3. The van der Waals surface area contributed by atoms with E-state index in [0.29, 0.717) is 12.1 Å². The number of aliphatic carboxylic acids is 1. The number of nitrogens with one attached hydrogen (secondary N) is 1. The van der Waals surface area contributed by atoms with E-state index in [9.17, 15) is 19.5 Å². The number of carboxylic acids is 1. The molecule has 3 aromatic carbocycles. The summed E-state index contributed by atoms with van der Waals surface area (Å²) in [6, 6.07) is 24.7. The first-order chi connectivity index (χ1) is 19.1.